The lowest BCUT2D eigenvalue weighted by molar-refractivity contribution is -0.127. The van der Waals surface area contributed by atoms with Crippen LogP contribution in [-0.2, 0) is 4.79 Å². The minimum atomic E-state index is -0.310. The molecule has 0 aliphatic carbocycles. The summed E-state index contributed by atoms with van der Waals surface area (Å²) in [6.45, 7) is 5.65. The third-order valence-electron chi connectivity index (χ3n) is 6.45. The molecule has 2 N–H and O–H groups in total. The number of rotatable bonds is 9. The van der Waals surface area contributed by atoms with Crippen LogP contribution in [0.4, 0.5) is 4.79 Å². The predicted molar refractivity (Wildman–Crippen MR) is 133 cm³/mol. The normalized spacial score (nSPS) is 18.6. The molecule has 1 fully saturated rings. The lowest BCUT2D eigenvalue weighted by Gasteiger charge is -2.38. The molecule has 3 atom stereocenters. The molecule has 1 aliphatic heterocycles. The number of carbonyl (C=O) groups is 2. The minimum absolute atomic E-state index is 0.00765. The quantitative estimate of drug-likeness (QED) is 0.533. The van der Waals surface area contributed by atoms with Gasteiger partial charge in [0, 0.05) is 25.6 Å². The number of nitrogens with zero attached hydrogens (tertiary/aromatic N) is 1. The molecule has 0 saturated carbocycles. The number of carbonyl (C=O) groups excluding carboxylic acids is 2. The van der Waals surface area contributed by atoms with Crippen LogP contribution in [-0.4, -0.2) is 50.7 Å². The highest BCUT2D eigenvalue weighted by molar-refractivity contribution is 5.81. The van der Waals surface area contributed by atoms with Gasteiger partial charge in [-0.25, -0.2) is 4.79 Å². The Morgan fingerprint density at radius 3 is 2.47 bits per heavy atom. The largest absolute Gasteiger partial charge is 0.493 e. The van der Waals surface area contributed by atoms with Crippen LogP contribution in [0, 0.1) is 5.92 Å². The fourth-order valence-electron chi connectivity index (χ4n) is 4.44. The van der Waals surface area contributed by atoms with E-state index in [2.05, 4.69) is 17.6 Å². The molecule has 0 spiro atoms. The number of methoxy groups -OCH3 is 2. The Kier molecular flexibility index (Phi) is 9.19. The predicted octanol–water partition coefficient (Wildman–Crippen LogP) is 4.50. The molecule has 0 radical (unpaired) electrons. The maximum Gasteiger partial charge on any atom is 0.317 e. The van der Waals surface area contributed by atoms with Gasteiger partial charge in [-0.05, 0) is 43.0 Å². The third-order valence-corrected chi connectivity index (χ3v) is 6.45. The second-order valence-electron chi connectivity index (χ2n) is 8.88. The first-order valence-corrected chi connectivity index (χ1v) is 12.1. The van der Waals surface area contributed by atoms with E-state index in [1.165, 1.54) is 0 Å². The van der Waals surface area contributed by atoms with Gasteiger partial charge in [-0.3, -0.25) is 4.79 Å². The maximum atomic E-state index is 13.3. The summed E-state index contributed by atoms with van der Waals surface area (Å²) in [6.07, 6.45) is 2.59. The van der Waals surface area contributed by atoms with Crippen LogP contribution in [0.3, 0.4) is 0 Å². The summed E-state index contributed by atoms with van der Waals surface area (Å²) in [5.74, 6) is 0.960. The number of benzene rings is 2. The highest BCUT2D eigenvalue weighted by Gasteiger charge is 2.35. The lowest BCUT2D eigenvalue weighted by Crippen LogP contribution is -2.51. The van der Waals surface area contributed by atoms with Crippen molar-refractivity contribution in [3.05, 3.63) is 59.7 Å². The van der Waals surface area contributed by atoms with Crippen LogP contribution >= 0.6 is 0 Å². The van der Waals surface area contributed by atoms with Gasteiger partial charge in [-0.2, -0.15) is 0 Å². The molecule has 1 saturated heterocycles. The Balaban J connectivity index is 1.79. The Morgan fingerprint density at radius 1 is 1.06 bits per heavy atom. The van der Waals surface area contributed by atoms with E-state index in [0.717, 1.165) is 24.0 Å². The van der Waals surface area contributed by atoms with Crippen molar-refractivity contribution in [1.82, 2.24) is 15.5 Å². The van der Waals surface area contributed by atoms with Crippen molar-refractivity contribution >= 4 is 11.9 Å². The van der Waals surface area contributed by atoms with Crippen molar-refractivity contribution in [2.24, 2.45) is 5.92 Å². The summed E-state index contributed by atoms with van der Waals surface area (Å²) in [6, 6.07) is 15.5. The van der Waals surface area contributed by atoms with Crippen molar-refractivity contribution in [2.75, 3.05) is 33.9 Å². The number of piperidine rings is 1. The summed E-state index contributed by atoms with van der Waals surface area (Å²) in [7, 11) is 3.21. The second-order valence-corrected chi connectivity index (χ2v) is 8.88. The molecule has 7 nitrogen and oxygen atoms in total. The molecule has 3 rings (SSSR count). The molecular weight excluding hydrogens is 430 g/mol. The highest BCUT2D eigenvalue weighted by Crippen LogP contribution is 2.36. The molecule has 34 heavy (non-hydrogen) atoms. The minimum Gasteiger partial charge on any atom is -0.493 e. The molecule has 0 bridgehead atoms. The van der Waals surface area contributed by atoms with Crippen molar-refractivity contribution < 1.29 is 19.1 Å². The van der Waals surface area contributed by atoms with E-state index in [1.807, 2.05) is 55.5 Å². The fraction of sp³-hybridized carbons (Fsp3) is 0.481. The van der Waals surface area contributed by atoms with Crippen LogP contribution in [0.5, 0.6) is 11.5 Å². The number of hydrogen-bond acceptors (Lipinski definition) is 4. The average molecular weight is 468 g/mol. The Morgan fingerprint density at radius 2 is 1.79 bits per heavy atom. The van der Waals surface area contributed by atoms with E-state index in [0.29, 0.717) is 37.6 Å². The Bertz CT molecular complexity index is 950. The Hall–Kier alpha value is -3.22. The number of urea groups is 1. The summed E-state index contributed by atoms with van der Waals surface area (Å²) in [4.78, 5) is 28.0. The van der Waals surface area contributed by atoms with E-state index in [4.69, 9.17) is 9.47 Å². The molecule has 184 valence electrons. The average Bonchev–Trinajstić information content (AvgIpc) is 2.88. The summed E-state index contributed by atoms with van der Waals surface area (Å²) < 4.78 is 10.9. The zero-order chi connectivity index (χ0) is 24.5. The van der Waals surface area contributed by atoms with Gasteiger partial charge in [-0.15, -0.1) is 0 Å². The van der Waals surface area contributed by atoms with Gasteiger partial charge in [0.1, 0.15) is 0 Å². The molecule has 2 aromatic carbocycles. The summed E-state index contributed by atoms with van der Waals surface area (Å²) in [5, 5.41) is 6.15. The lowest BCUT2D eigenvalue weighted by atomic mass is 9.83. The van der Waals surface area contributed by atoms with E-state index in [9.17, 15) is 9.59 Å². The van der Waals surface area contributed by atoms with Crippen molar-refractivity contribution in [2.45, 2.75) is 45.1 Å². The SMILES string of the molecule is CCCCNC(=O)N1C[C@H](C(=O)N[C@H](C)c2ccccc2)C[C@@H](c2ccc(OC)c(OC)c2)C1. The van der Waals surface area contributed by atoms with Gasteiger partial charge in [0.15, 0.2) is 11.5 Å². The first-order valence-electron chi connectivity index (χ1n) is 12.1. The van der Waals surface area contributed by atoms with Crippen LogP contribution in [0.25, 0.3) is 0 Å². The van der Waals surface area contributed by atoms with Crippen LogP contribution in [0.2, 0.25) is 0 Å². The van der Waals surface area contributed by atoms with Gasteiger partial charge in [-0.1, -0.05) is 49.7 Å². The molecule has 0 aromatic heterocycles. The van der Waals surface area contributed by atoms with Gasteiger partial charge in [0.25, 0.3) is 0 Å². The van der Waals surface area contributed by atoms with E-state index in [1.54, 1.807) is 19.1 Å². The zero-order valence-corrected chi connectivity index (χ0v) is 20.7. The summed E-state index contributed by atoms with van der Waals surface area (Å²) in [5.41, 5.74) is 2.08. The molecule has 7 heteroatoms. The van der Waals surface area contributed by atoms with Crippen LogP contribution < -0.4 is 20.1 Å². The number of ether oxygens (including phenoxy) is 2. The molecule has 1 heterocycles. The third kappa shape index (κ3) is 6.43. The maximum absolute atomic E-state index is 13.3. The van der Waals surface area contributed by atoms with E-state index >= 15 is 0 Å². The molecule has 2 aromatic rings. The molecule has 3 amide bonds. The Labute approximate surface area is 202 Å². The topological polar surface area (TPSA) is 79.9 Å². The molecular formula is C27H37N3O4. The summed E-state index contributed by atoms with van der Waals surface area (Å²) >= 11 is 0. The smallest absolute Gasteiger partial charge is 0.317 e. The first kappa shape index (κ1) is 25.4. The van der Waals surface area contributed by atoms with Crippen LogP contribution in [0.1, 0.15) is 56.2 Å². The standard InChI is InChI=1S/C27H37N3O4/c1-5-6-14-28-27(32)30-17-22(21-12-13-24(33-3)25(16-21)34-4)15-23(18-30)26(31)29-19(2)20-10-8-7-9-11-20/h7-13,16,19,22-23H,5-6,14-15,17-18H2,1-4H3,(H,28,32)(H,29,31)/t19-,22-,23-/m1/s1. The number of unbranched alkanes of at least 4 members (excludes halogenated alkanes) is 1. The molecule has 0 unspecified atom stereocenters. The van der Waals surface area contributed by atoms with Gasteiger partial charge < -0.3 is 25.0 Å². The van der Waals surface area contributed by atoms with Crippen LogP contribution in [0.15, 0.2) is 48.5 Å². The zero-order valence-electron chi connectivity index (χ0n) is 20.7. The number of nitrogens with one attached hydrogen (secondary N) is 2. The number of amides is 3. The first-order chi connectivity index (χ1) is 16.5. The van der Waals surface area contributed by atoms with E-state index < -0.39 is 0 Å². The van der Waals surface area contributed by atoms with Gasteiger partial charge in [0.2, 0.25) is 5.91 Å². The number of likely N-dealkylation sites (tertiary alicyclic amines) is 1. The molecule has 1 aliphatic rings. The van der Waals surface area contributed by atoms with Crippen molar-refractivity contribution in [3.8, 4) is 11.5 Å². The van der Waals surface area contributed by atoms with Gasteiger partial charge >= 0.3 is 6.03 Å². The fourth-order valence-corrected chi connectivity index (χ4v) is 4.44. The highest BCUT2D eigenvalue weighted by atomic mass is 16.5. The van der Waals surface area contributed by atoms with Crippen molar-refractivity contribution in [3.63, 3.8) is 0 Å². The monoisotopic (exact) mass is 467 g/mol. The number of hydrogen-bond donors (Lipinski definition) is 2. The second kappa shape index (κ2) is 12.3. The van der Waals surface area contributed by atoms with Crippen molar-refractivity contribution in [1.29, 1.82) is 0 Å². The van der Waals surface area contributed by atoms with E-state index in [-0.39, 0.29) is 29.8 Å². The van der Waals surface area contributed by atoms with Gasteiger partial charge in [0.05, 0.1) is 26.2 Å².